The molecule has 3 rings (SSSR count). The average molecular weight is 268 g/mol. The third kappa shape index (κ3) is 2.05. The Morgan fingerprint density at radius 2 is 2.10 bits per heavy atom. The smallest absolute Gasteiger partial charge is 0.334 e. The third-order valence-corrected chi connectivity index (χ3v) is 3.61. The largest absolute Gasteiger partial charge is 0.497 e. The zero-order valence-corrected chi connectivity index (χ0v) is 11.6. The van der Waals surface area contributed by atoms with Crippen LogP contribution in [0, 0.1) is 0 Å². The SMILES string of the molecule is CCOC(=O)C1=Cc2ccc3cc(OC)ccc3c2C1. The van der Waals surface area contributed by atoms with Crippen LogP contribution in [-0.2, 0) is 16.0 Å². The predicted molar refractivity (Wildman–Crippen MR) is 78.8 cm³/mol. The van der Waals surface area contributed by atoms with Gasteiger partial charge in [-0.15, -0.1) is 0 Å². The summed E-state index contributed by atoms with van der Waals surface area (Å²) >= 11 is 0. The third-order valence-electron chi connectivity index (χ3n) is 3.61. The number of hydrogen-bond donors (Lipinski definition) is 0. The van der Waals surface area contributed by atoms with Crippen molar-refractivity contribution in [1.82, 2.24) is 0 Å². The Bertz CT molecular complexity index is 713. The first-order valence-electron chi connectivity index (χ1n) is 6.70. The van der Waals surface area contributed by atoms with Gasteiger partial charge in [-0.05, 0) is 47.0 Å². The molecule has 1 aliphatic rings. The van der Waals surface area contributed by atoms with Gasteiger partial charge in [-0.25, -0.2) is 4.79 Å². The lowest BCUT2D eigenvalue weighted by Gasteiger charge is -2.07. The number of methoxy groups -OCH3 is 1. The highest BCUT2D eigenvalue weighted by Crippen LogP contribution is 2.33. The topological polar surface area (TPSA) is 35.5 Å². The summed E-state index contributed by atoms with van der Waals surface area (Å²) < 4.78 is 10.3. The van der Waals surface area contributed by atoms with Crippen molar-refractivity contribution in [1.29, 1.82) is 0 Å². The number of hydrogen-bond acceptors (Lipinski definition) is 3. The van der Waals surface area contributed by atoms with Gasteiger partial charge in [-0.2, -0.15) is 0 Å². The van der Waals surface area contributed by atoms with E-state index < -0.39 is 0 Å². The van der Waals surface area contributed by atoms with Crippen molar-refractivity contribution in [2.75, 3.05) is 13.7 Å². The van der Waals surface area contributed by atoms with E-state index >= 15 is 0 Å². The number of carbonyl (C=O) groups excluding carboxylic acids is 1. The first-order chi connectivity index (χ1) is 9.72. The van der Waals surface area contributed by atoms with E-state index in [1.807, 2.05) is 31.2 Å². The summed E-state index contributed by atoms with van der Waals surface area (Å²) in [4.78, 5) is 11.8. The maximum absolute atomic E-state index is 11.8. The van der Waals surface area contributed by atoms with Gasteiger partial charge in [0.05, 0.1) is 13.7 Å². The molecule has 0 fully saturated rings. The van der Waals surface area contributed by atoms with Crippen LogP contribution in [0.4, 0.5) is 0 Å². The summed E-state index contributed by atoms with van der Waals surface area (Å²) in [6.07, 6.45) is 2.56. The monoisotopic (exact) mass is 268 g/mol. The zero-order chi connectivity index (χ0) is 14.1. The van der Waals surface area contributed by atoms with E-state index in [1.54, 1.807) is 7.11 Å². The molecule has 20 heavy (non-hydrogen) atoms. The standard InChI is InChI=1S/C17H16O3/c1-3-20-17(18)13-8-11-4-5-12-9-14(19-2)6-7-15(12)16(11)10-13/h4-9H,3,10H2,1-2H3. The van der Waals surface area contributed by atoms with Gasteiger partial charge in [0.15, 0.2) is 0 Å². The van der Waals surface area contributed by atoms with Gasteiger partial charge in [0.1, 0.15) is 5.75 Å². The van der Waals surface area contributed by atoms with E-state index in [9.17, 15) is 4.79 Å². The Labute approximate surface area is 117 Å². The van der Waals surface area contributed by atoms with Crippen LogP contribution >= 0.6 is 0 Å². The van der Waals surface area contributed by atoms with Crippen LogP contribution in [-0.4, -0.2) is 19.7 Å². The lowest BCUT2D eigenvalue weighted by Crippen LogP contribution is -2.07. The highest BCUT2D eigenvalue weighted by atomic mass is 16.5. The highest BCUT2D eigenvalue weighted by Gasteiger charge is 2.21. The highest BCUT2D eigenvalue weighted by molar-refractivity contribution is 6.01. The summed E-state index contributed by atoms with van der Waals surface area (Å²) in [5.74, 6) is 0.624. The first kappa shape index (κ1) is 12.7. The fraction of sp³-hybridized carbons (Fsp3) is 0.235. The van der Waals surface area contributed by atoms with E-state index in [4.69, 9.17) is 9.47 Å². The van der Waals surface area contributed by atoms with E-state index in [2.05, 4.69) is 12.1 Å². The summed E-state index contributed by atoms with van der Waals surface area (Å²) in [7, 11) is 1.66. The zero-order valence-electron chi connectivity index (χ0n) is 11.6. The number of esters is 1. The van der Waals surface area contributed by atoms with Crippen LogP contribution in [0.1, 0.15) is 18.1 Å². The number of rotatable bonds is 3. The number of benzene rings is 2. The van der Waals surface area contributed by atoms with Crippen LogP contribution in [0.2, 0.25) is 0 Å². The molecule has 2 aromatic carbocycles. The van der Waals surface area contributed by atoms with Crippen LogP contribution < -0.4 is 4.74 Å². The van der Waals surface area contributed by atoms with Crippen molar-refractivity contribution in [3.8, 4) is 5.75 Å². The minimum atomic E-state index is -0.217. The van der Waals surface area contributed by atoms with Crippen molar-refractivity contribution in [2.45, 2.75) is 13.3 Å². The van der Waals surface area contributed by atoms with E-state index in [0.29, 0.717) is 13.0 Å². The average Bonchev–Trinajstić information content (AvgIpc) is 2.91. The number of carbonyl (C=O) groups is 1. The van der Waals surface area contributed by atoms with Crippen LogP contribution in [0.15, 0.2) is 35.9 Å². The molecule has 0 heterocycles. The Kier molecular flexibility index (Phi) is 3.18. The summed E-state index contributed by atoms with van der Waals surface area (Å²) in [5.41, 5.74) is 3.02. The second-order valence-electron chi connectivity index (χ2n) is 4.79. The minimum absolute atomic E-state index is 0.217. The predicted octanol–water partition coefficient (Wildman–Crippen LogP) is 3.35. The van der Waals surface area contributed by atoms with Crippen LogP contribution in [0.3, 0.4) is 0 Å². The van der Waals surface area contributed by atoms with E-state index in [-0.39, 0.29) is 5.97 Å². The molecule has 0 unspecified atom stereocenters. The Hall–Kier alpha value is -2.29. The second-order valence-corrected chi connectivity index (χ2v) is 4.79. The maximum atomic E-state index is 11.8. The van der Waals surface area contributed by atoms with Crippen molar-refractivity contribution < 1.29 is 14.3 Å². The molecule has 3 heteroatoms. The summed E-state index contributed by atoms with van der Waals surface area (Å²) in [6.45, 7) is 2.23. The minimum Gasteiger partial charge on any atom is -0.497 e. The molecule has 2 aromatic rings. The summed E-state index contributed by atoms with van der Waals surface area (Å²) in [6, 6.07) is 10.1. The fourth-order valence-corrected chi connectivity index (χ4v) is 2.63. The normalized spacial score (nSPS) is 13.0. The van der Waals surface area contributed by atoms with Gasteiger partial charge in [0, 0.05) is 12.0 Å². The van der Waals surface area contributed by atoms with Crippen molar-refractivity contribution in [2.24, 2.45) is 0 Å². The quantitative estimate of drug-likeness (QED) is 0.801. The molecule has 1 aliphatic carbocycles. The fourth-order valence-electron chi connectivity index (χ4n) is 2.63. The van der Waals surface area contributed by atoms with Gasteiger partial charge in [-0.1, -0.05) is 18.2 Å². The summed E-state index contributed by atoms with van der Waals surface area (Å²) in [5, 5.41) is 2.29. The van der Waals surface area contributed by atoms with Gasteiger partial charge >= 0.3 is 5.97 Å². The van der Waals surface area contributed by atoms with Gasteiger partial charge in [-0.3, -0.25) is 0 Å². The van der Waals surface area contributed by atoms with Gasteiger partial charge < -0.3 is 9.47 Å². The second kappa shape index (κ2) is 5.00. The lowest BCUT2D eigenvalue weighted by atomic mass is 10.00. The molecule has 0 saturated heterocycles. The van der Waals surface area contributed by atoms with Crippen molar-refractivity contribution in [3.63, 3.8) is 0 Å². The molecule has 0 radical (unpaired) electrons. The molecular formula is C17H16O3. The molecule has 102 valence electrons. The lowest BCUT2D eigenvalue weighted by molar-refractivity contribution is -0.138. The van der Waals surface area contributed by atoms with Crippen LogP contribution in [0.5, 0.6) is 5.75 Å². The number of fused-ring (bicyclic) bond motifs is 3. The molecule has 0 N–H and O–H groups in total. The van der Waals surface area contributed by atoms with E-state index in [1.165, 1.54) is 10.9 Å². The van der Waals surface area contributed by atoms with Crippen molar-refractivity contribution >= 4 is 22.8 Å². The van der Waals surface area contributed by atoms with Gasteiger partial charge in [0.2, 0.25) is 0 Å². The van der Waals surface area contributed by atoms with Crippen molar-refractivity contribution in [3.05, 3.63) is 47.0 Å². The Morgan fingerprint density at radius 1 is 1.25 bits per heavy atom. The molecule has 0 amide bonds. The molecule has 0 aromatic heterocycles. The molecule has 0 saturated carbocycles. The molecule has 0 bridgehead atoms. The molecular weight excluding hydrogens is 252 g/mol. The van der Waals surface area contributed by atoms with E-state index in [0.717, 1.165) is 22.3 Å². The number of ether oxygens (including phenoxy) is 2. The van der Waals surface area contributed by atoms with Crippen LogP contribution in [0.25, 0.3) is 16.8 Å². The Morgan fingerprint density at radius 3 is 2.85 bits per heavy atom. The maximum Gasteiger partial charge on any atom is 0.334 e. The molecule has 0 atom stereocenters. The first-order valence-corrected chi connectivity index (χ1v) is 6.70. The van der Waals surface area contributed by atoms with Gasteiger partial charge in [0.25, 0.3) is 0 Å². The molecule has 3 nitrogen and oxygen atoms in total. The molecule has 0 aliphatic heterocycles. The Balaban J connectivity index is 2.01. The molecule has 0 spiro atoms.